The fourth-order valence-electron chi connectivity index (χ4n) is 1.61. The van der Waals surface area contributed by atoms with Crippen molar-refractivity contribution in [1.82, 2.24) is 15.0 Å². The van der Waals surface area contributed by atoms with Crippen LogP contribution in [0.3, 0.4) is 0 Å². The van der Waals surface area contributed by atoms with Gasteiger partial charge in [0.15, 0.2) is 5.82 Å². The first kappa shape index (κ1) is 11.4. The normalized spacial score (nSPS) is 10.5. The molecule has 17 heavy (non-hydrogen) atoms. The largest absolute Gasteiger partial charge is 0.497 e. The molecular weight excluding hydrogens is 216 g/mol. The molecule has 0 aliphatic heterocycles. The fraction of sp³-hybridized carbons (Fsp3) is 0.333. The highest BCUT2D eigenvalue weighted by atomic mass is 16.5. The Hall–Kier alpha value is -2.04. The molecule has 0 unspecified atom stereocenters. The first-order valence-corrected chi connectivity index (χ1v) is 5.49. The highest BCUT2D eigenvalue weighted by Crippen LogP contribution is 2.13. The maximum atomic E-state index is 5.64. The molecule has 90 valence electrons. The van der Waals surface area contributed by atoms with Crippen LogP contribution < -0.4 is 10.5 Å². The summed E-state index contributed by atoms with van der Waals surface area (Å²) >= 11 is 0. The van der Waals surface area contributed by atoms with E-state index in [0.717, 1.165) is 24.4 Å². The smallest absolute Gasteiger partial charge is 0.168 e. The molecule has 2 N–H and O–H groups in total. The molecular formula is C12H16N4O. The zero-order chi connectivity index (χ0) is 12.3. The van der Waals surface area contributed by atoms with Gasteiger partial charge < -0.3 is 10.5 Å². The molecule has 0 fully saturated rings. The Labute approximate surface area is 100 Å². The number of nitrogens with zero attached hydrogens (tertiary/aromatic N) is 3. The molecule has 0 amide bonds. The van der Waals surface area contributed by atoms with Crippen LogP contribution in [0.1, 0.15) is 11.3 Å². The van der Waals surface area contributed by atoms with Gasteiger partial charge in [0, 0.05) is 6.54 Å². The van der Waals surface area contributed by atoms with Gasteiger partial charge in [0.05, 0.1) is 12.8 Å². The molecule has 0 aliphatic rings. The van der Waals surface area contributed by atoms with Gasteiger partial charge in [-0.1, -0.05) is 17.3 Å². The van der Waals surface area contributed by atoms with E-state index < -0.39 is 0 Å². The second-order valence-electron chi connectivity index (χ2n) is 3.88. The molecule has 1 aromatic heterocycles. The van der Waals surface area contributed by atoms with Crippen molar-refractivity contribution < 1.29 is 4.74 Å². The molecule has 0 radical (unpaired) electrons. The molecule has 2 rings (SSSR count). The average Bonchev–Trinajstić information content (AvgIpc) is 2.68. The maximum absolute atomic E-state index is 5.64. The van der Waals surface area contributed by atoms with Crippen LogP contribution in [0.5, 0.6) is 5.75 Å². The van der Waals surface area contributed by atoms with Crippen molar-refractivity contribution in [1.29, 1.82) is 0 Å². The minimum absolute atomic E-state index is 0.500. The number of methoxy groups -OCH3 is 1. The van der Waals surface area contributed by atoms with Gasteiger partial charge in [-0.05, 0) is 31.0 Å². The Bertz CT molecular complexity index is 490. The van der Waals surface area contributed by atoms with E-state index in [0.29, 0.717) is 5.82 Å². The molecule has 0 atom stereocenters. The van der Waals surface area contributed by atoms with Gasteiger partial charge in [-0.25, -0.2) is 4.68 Å². The predicted octanol–water partition coefficient (Wildman–Crippen LogP) is 1.42. The Morgan fingerprint density at radius 2 is 2.00 bits per heavy atom. The van der Waals surface area contributed by atoms with Crippen molar-refractivity contribution in [3.05, 3.63) is 35.5 Å². The van der Waals surface area contributed by atoms with E-state index in [9.17, 15) is 0 Å². The molecule has 0 spiro atoms. The van der Waals surface area contributed by atoms with E-state index in [4.69, 9.17) is 10.5 Å². The Balaban J connectivity index is 2.00. The number of rotatable bonds is 4. The minimum atomic E-state index is 0.500. The highest BCUT2D eigenvalue weighted by Gasteiger charge is 2.04. The molecule has 0 saturated heterocycles. The lowest BCUT2D eigenvalue weighted by Crippen LogP contribution is -2.05. The molecule has 0 aliphatic carbocycles. The maximum Gasteiger partial charge on any atom is 0.168 e. The molecule has 2 aromatic rings. The number of nitrogens with two attached hydrogens (primary N) is 1. The Morgan fingerprint density at radius 1 is 1.29 bits per heavy atom. The lowest BCUT2D eigenvalue weighted by molar-refractivity contribution is 0.414. The Kier molecular flexibility index (Phi) is 3.27. The van der Waals surface area contributed by atoms with E-state index in [1.54, 1.807) is 7.11 Å². The van der Waals surface area contributed by atoms with Crippen LogP contribution in [-0.2, 0) is 13.0 Å². The van der Waals surface area contributed by atoms with Crippen LogP contribution in [-0.4, -0.2) is 22.1 Å². The summed E-state index contributed by atoms with van der Waals surface area (Å²) in [6.07, 6.45) is 0.896. The molecule has 1 aromatic carbocycles. The standard InChI is InChI=1S/C12H16N4O/c1-9-12(13)14-15-16(9)8-7-10-3-5-11(17-2)6-4-10/h3-6H,7-8,13H2,1-2H3. The zero-order valence-electron chi connectivity index (χ0n) is 10.1. The number of aryl methyl sites for hydroxylation is 2. The molecule has 0 bridgehead atoms. The third-order valence-corrected chi connectivity index (χ3v) is 2.79. The van der Waals surface area contributed by atoms with Crippen molar-refractivity contribution in [2.45, 2.75) is 19.9 Å². The van der Waals surface area contributed by atoms with Crippen molar-refractivity contribution >= 4 is 5.82 Å². The number of nitrogen functional groups attached to an aromatic ring is 1. The summed E-state index contributed by atoms with van der Waals surface area (Å²) in [6.45, 7) is 2.70. The van der Waals surface area contributed by atoms with Crippen molar-refractivity contribution in [2.75, 3.05) is 12.8 Å². The highest BCUT2D eigenvalue weighted by molar-refractivity contribution is 5.31. The first-order chi connectivity index (χ1) is 8.20. The lowest BCUT2D eigenvalue weighted by atomic mass is 10.1. The number of ether oxygens (including phenoxy) is 1. The monoisotopic (exact) mass is 232 g/mol. The molecule has 5 nitrogen and oxygen atoms in total. The van der Waals surface area contributed by atoms with Gasteiger partial charge >= 0.3 is 0 Å². The van der Waals surface area contributed by atoms with E-state index in [2.05, 4.69) is 22.4 Å². The van der Waals surface area contributed by atoms with Gasteiger partial charge in [0.2, 0.25) is 0 Å². The summed E-state index contributed by atoms with van der Waals surface area (Å²) in [5.41, 5.74) is 7.79. The van der Waals surface area contributed by atoms with Gasteiger partial charge in [-0.15, -0.1) is 5.10 Å². The first-order valence-electron chi connectivity index (χ1n) is 5.49. The zero-order valence-corrected chi connectivity index (χ0v) is 10.1. The number of hydrogen-bond donors (Lipinski definition) is 1. The van der Waals surface area contributed by atoms with E-state index in [1.165, 1.54) is 5.56 Å². The van der Waals surface area contributed by atoms with E-state index in [1.807, 2.05) is 23.7 Å². The van der Waals surface area contributed by atoms with Gasteiger partial charge in [-0.3, -0.25) is 0 Å². The van der Waals surface area contributed by atoms with Crippen LogP contribution >= 0.6 is 0 Å². The fourth-order valence-corrected chi connectivity index (χ4v) is 1.61. The SMILES string of the molecule is COc1ccc(CCn2nnc(N)c2C)cc1. The van der Waals surface area contributed by atoms with E-state index >= 15 is 0 Å². The van der Waals surface area contributed by atoms with Crippen molar-refractivity contribution in [3.63, 3.8) is 0 Å². The van der Waals surface area contributed by atoms with E-state index in [-0.39, 0.29) is 0 Å². The number of hydrogen-bond acceptors (Lipinski definition) is 4. The summed E-state index contributed by atoms with van der Waals surface area (Å²) in [7, 11) is 1.66. The topological polar surface area (TPSA) is 66.0 Å². The van der Waals surface area contributed by atoms with Crippen LogP contribution in [0.2, 0.25) is 0 Å². The quantitative estimate of drug-likeness (QED) is 0.865. The molecule has 5 heteroatoms. The summed E-state index contributed by atoms with van der Waals surface area (Å²) in [5.74, 6) is 1.37. The van der Waals surface area contributed by atoms with Crippen LogP contribution in [0, 0.1) is 6.92 Å². The summed E-state index contributed by atoms with van der Waals surface area (Å²) < 4.78 is 6.93. The average molecular weight is 232 g/mol. The van der Waals surface area contributed by atoms with Gasteiger partial charge in [0.1, 0.15) is 5.75 Å². The van der Waals surface area contributed by atoms with Gasteiger partial charge in [0.25, 0.3) is 0 Å². The number of anilines is 1. The minimum Gasteiger partial charge on any atom is -0.497 e. The van der Waals surface area contributed by atoms with Crippen LogP contribution in [0.15, 0.2) is 24.3 Å². The third-order valence-electron chi connectivity index (χ3n) is 2.79. The van der Waals surface area contributed by atoms with Gasteiger partial charge in [-0.2, -0.15) is 0 Å². The number of aromatic nitrogens is 3. The molecule has 1 heterocycles. The second kappa shape index (κ2) is 4.86. The van der Waals surface area contributed by atoms with Crippen molar-refractivity contribution in [3.8, 4) is 5.75 Å². The summed E-state index contributed by atoms with van der Waals surface area (Å²) in [6, 6.07) is 8.01. The van der Waals surface area contributed by atoms with Crippen LogP contribution in [0.25, 0.3) is 0 Å². The Morgan fingerprint density at radius 3 is 2.53 bits per heavy atom. The van der Waals surface area contributed by atoms with Crippen molar-refractivity contribution in [2.24, 2.45) is 0 Å². The molecule has 0 saturated carbocycles. The predicted molar refractivity (Wildman–Crippen MR) is 65.9 cm³/mol. The summed E-state index contributed by atoms with van der Waals surface area (Å²) in [4.78, 5) is 0. The lowest BCUT2D eigenvalue weighted by Gasteiger charge is -2.05. The van der Waals surface area contributed by atoms with Crippen LogP contribution in [0.4, 0.5) is 5.82 Å². The number of benzene rings is 1. The second-order valence-corrected chi connectivity index (χ2v) is 3.88. The third kappa shape index (κ3) is 2.55. The summed E-state index contributed by atoms with van der Waals surface area (Å²) in [5, 5.41) is 7.81.